The molecule has 1 rings (SSSR count). The molecule has 0 unspecified atom stereocenters. The fourth-order valence-corrected chi connectivity index (χ4v) is 1.01. The van der Waals surface area contributed by atoms with E-state index in [1.807, 2.05) is 0 Å². The molecule has 0 amide bonds. The van der Waals surface area contributed by atoms with Crippen LogP contribution in [0.25, 0.3) is 0 Å². The summed E-state index contributed by atoms with van der Waals surface area (Å²) in [7, 11) is 0. The molecule has 0 aliphatic carbocycles. The van der Waals surface area contributed by atoms with Crippen molar-refractivity contribution < 1.29 is 13.2 Å². The predicted octanol–water partition coefficient (Wildman–Crippen LogP) is 2.16. The van der Waals surface area contributed by atoms with Crippen LogP contribution in [0.4, 0.5) is 13.2 Å². The summed E-state index contributed by atoms with van der Waals surface area (Å²) in [6.45, 7) is 0. The Kier molecular flexibility index (Phi) is 2.27. The van der Waals surface area contributed by atoms with E-state index in [1.165, 1.54) is 0 Å². The quantitative estimate of drug-likeness (QED) is 0.742. The Bertz CT molecular complexity index is 343. The molecule has 0 aromatic carbocycles. The highest BCUT2D eigenvalue weighted by atomic mass is 79.9. The van der Waals surface area contributed by atoms with Gasteiger partial charge in [-0.25, -0.2) is 0 Å². The number of pyridine rings is 1. The van der Waals surface area contributed by atoms with Crippen molar-refractivity contribution in [3.8, 4) is 0 Å². The van der Waals surface area contributed by atoms with Gasteiger partial charge in [0.15, 0.2) is 0 Å². The van der Waals surface area contributed by atoms with Crippen molar-refractivity contribution in [3.63, 3.8) is 0 Å². The van der Waals surface area contributed by atoms with E-state index in [2.05, 4.69) is 20.9 Å². The summed E-state index contributed by atoms with van der Waals surface area (Å²) in [6, 6.07) is 0. The van der Waals surface area contributed by atoms with Gasteiger partial charge in [-0.2, -0.15) is 13.2 Å². The van der Waals surface area contributed by atoms with Crippen LogP contribution >= 0.6 is 15.9 Å². The van der Waals surface area contributed by atoms with Crippen molar-refractivity contribution in [2.45, 2.75) is 6.18 Å². The average molecular weight is 242 g/mol. The van der Waals surface area contributed by atoms with Gasteiger partial charge in [-0.3, -0.25) is 4.79 Å². The van der Waals surface area contributed by atoms with Gasteiger partial charge < -0.3 is 4.98 Å². The second-order valence-corrected chi connectivity index (χ2v) is 2.90. The minimum Gasteiger partial charge on any atom is -0.366 e. The van der Waals surface area contributed by atoms with Crippen LogP contribution < -0.4 is 5.43 Å². The van der Waals surface area contributed by atoms with Crippen molar-refractivity contribution in [2.75, 3.05) is 0 Å². The lowest BCUT2D eigenvalue weighted by atomic mass is 10.3. The van der Waals surface area contributed by atoms with E-state index >= 15 is 0 Å². The number of aromatic nitrogens is 1. The van der Waals surface area contributed by atoms with E-state index in [-0.39, 0.29) is 4.47 Å². The third-order valence-electron chi connectivity index (χ3n) is 1.20. The Balaban J connectivity index is 3.37. The molecule has 6 heteroatoms. The zero-order valence-electron chi connectivity index (χ0n) is 5.57. The Morgan fingerprint density at radius 1 is 1.33 bits per heavy atom. The van der Waals surface area contributed by atoms with Gasteiger partial charge in [-0.15, -0.1) is 0 Å². The van der Waals surface area contributed by atoms with Gasteiger partial charge in [0.25, 0.3) is 0 Å². The molecule has 0 atom stereocenters. The topological polar surface area (TPSA) is 32.9 Å². The Morgan fingerprint density at radius 3 is 2.33 bits per heavy atom. The maximum atomic E-state index is 12.0. The van der Waals surface area contributed by atoms with Gasteiger partial charge in [0.2, 0.25) is 5.43 Å². The van der Waals surface area contributed by atoms with Crippen LogP contribution in [0.1, 0.15) is 5.56 Å². The van der Waals surface area contributed by atoms with Gasteiger partial charge in [0.1, 0.15) is 5.56 Å². The number of hydrogen-bond acceptors (Lipinski definition) is 1. The molecule has 0 radical (unpaired) electrons. The SMILES string of the molecule is O=c1c(Br)c[nH]cc1C(F)(F)F. The molecule has 1 heterocycles. The number of halogens is 4. The van der Waals surface area contributed by atoms with E-state index in [9.17, 15) is 18.0 Å². The number of rotatable bonds is 0. The first-order chi connectivity index (χ1) is 5.43. The van der Waals surface area contributed by atoms with E-state index in [0.29, 0.717) is 6.20 Å². The highest BCUT2D eigenvalue weighted by Gasteiger charge is 2.34. The molecule has 0 saturated heterocycles. The second kappa shape index (κ2) is 2.93. The number of H-pyrrole nitrogens is 1. The third kappa shape index (κ3) is 1.69. The van der Waals surface area contributed by atoms with Crippen LogP contribution in [-0.4, -0.2) is 4.98 Å². The first-order valence-corrected chi connectivity index (χ1v) is 3.66. The lowest BCUT2D eigenvalue weighted by Crippen LogP contribution is -2.19. The highest BCUT2D eigenvalue weighted by molar-refractivity contribution is 9.10. The first kappa shape index (κ1) is 9.31. The maximum absolute atomic E-state index is 12.0. The van der Waals surface area contributed by atoms with Gasteiger partial charge in [-0.05, 0) is 15.9 Å². The van der Waals surface area contributed by atoms with Gasteiger partial charge in [0.05, 0.1) is 4.47 Å². The molecule has 66 valence electrons. The highest BCUT2D eigenvalue weighted by Crippen LogP contribution is 2.26. The van der Waals surface area contributed by atoms with Crippen LogP contribution in [0.2, 0.25) is 0 Å². The molecule has 1 aromatic rings. The molecular formula is C6H3BrF3NO. The number of alkyl halides is 3. The first-order valence-electron chi connectivity index (χ1n) is 2.86. The zero-order chi connectivity index (χ0) is 9.35. The summed E-state index contributed by atoms with van der Waals surface area (Å²) in [6.07, 6.45) is -2.82. The number of nitrogens with one attached hydrogen (secondary N) is 1. The number of hydrogen-bond donors (Lipinski definition) is 1. The maximum Gasteiger partial charge on any atom is 0.421 e. The normalized spacial score (nSPS) is 11.7. The minimum atomic E-state index is -4.60. The molecule has 1 N–H and O–H groups in total. The van der Waals surface area contributed by atoms with Crippen LogP contribution in [-0.2, 0) is 6.18 Å². The van der Waals surface area contributed by atoms with Crippen molar-refractivity contribution in [3.05, 3.63) is 32.7 Å². The monoisotopic (exact) mass is 241 g/mol. The predicted molar refractivity (Wildman–Crippen MR) is 39.8 cm³/mol. The summed E-state index contributed by atoms with van der Waals surface area (Å²) in [5.74, 6) is 0. The van der Waals surface area contributed by atoms with Crippen LogP contribution in [0.3, 0.4) is 0 Å². The minimum absolute atomic E-state index is 0.127. The summed E-state index contributed by atoms with van der Waals surface area (Å²) in [4.78, 5) is 13.0. The molecule has 0 aliphatic rings. The summed E-state index contributed by atoms with van der Waals surface area (Å²) in [5, 5.41) is 0. The van der Waals surface area contributed by atoms with E-state index in [0.717, 1.165) is 6.20 Å². The molecule has 0 saturated carbocycles. The molecular weight excluding hydrogens is 239 g/mol. The molecule has 2 nitrogen and oxygen atoms in total. The number of aromatic amines is 1. The largest absolute Gasteiger partial charge is 0.421 e. The van der Waals surface area contributed by atoms with Crippen molar-refractivity contribution in [1.82, 2.24) is 4.98 Å². The summed E-state index contributed by atoms with van der Waals surface area (Å²) < 4.78 is 35.8. The van der Waals surface area contributed by atoms with E-state index in [1.54, 1.807) is 0 Å². The fourth-order valence-electron chi connectivity index (χ4n) is 0.668. The van der Waals surface area contributed by atoms with Gasteiger partial charge in [0, 0.05) is 12.4 Å². The molecule has 0 spiro atoms. The van der Waals surface area contributed by atoms with Crippen LogP contribution in [0.5, 0.6) is 0 Å². The van der Waals surface area contributed by atoms with Crippen molar-refractivity contribution >= 4 is 15.9 Å². The smallest absolute Gasteiger partial charge is 0.366 e. The summed E-state index contributed by atoms with van der Waals surface area (Å²) >= 11 is 2.69. The van der Waals surface area contributed by atoms with Crippen LogP contribution in [0.15, 0.2) is 21.7 Å². The molecule has 1 aromatic heterocycles. The van der Waals surface area contributed by atoms with Crippen LogP contribution in [0, 0.1) is 0 Å². The lowest BCUT2D eigenvalue weighted by molar-refractivity contribution is -0.138. The van der Waals surface area contributed by atoms with Gasteiger partial charge in [-0.1, -0.05) is 0 Å². The molecule has 12 heavy (non-hydrogen) atoms. The molecule has 0 fully saturated rings. The Hall–Kier alpha value is -0.780. The second-order valence-electron chi connectivity index (χ2n) is 2.04. The Labute approximate surface area is 73.5 Å². The van der Waals surface area contributed by atoms with E-state index in [4.69, 9.17) is 0 Å². The van der Waals surface area contributed by atoms with Crippen molar-refractivity contribution in [1.29, 1.82) is 0 Å². The summed E-state index contributed by atoms with van der Waals surface area (Å²) in [5.41, 5.74) is -2.25. The zero-order valence-corrected chi connectivity index (χ0v) is 7.16. The molecule has 0 aliphatic heterocycles. The van der Waals surface area contributed by atoms with E-state index < -0.39 is 17.2 Å². The molecule has 0 bridgehead atoms. The van der Waals surface area contributed by atoms with Gasteiger partial charge >= 0.3 is 6.18 Å². The average Bonchev–Trinajstić information content (AvgIpc) is 1.92. The lowest BCUT2D eigenvalue weighted by Gasteiger charge is -2.04. The third-order valence-corrected chi connectivity index (χ3v) is 1.79. The standard InChI is InChI=1S/C6H3BrF3NO/c7-4-2-11-1-3(5(4)12)6(8,9)10/h1-2H,(H,11,12). The van der Waals surface area contributed by atoms with Crippen molar-refractivity contribution in [2.24, 2.45) is 0 Å². The Morgan fingerprint density at radius 2 is 1.92 bits per heavy atom. The fraction of sp³-hybridized carbons (Fsp3) is 0.167.